The van der Waals surface area contributed by atoms with Crippen LogP contribution >= 0.6 is 11.6 Å². The van der Waals surface area contributed by atoms with Gasteiger partial charge in [0.05, 0.1) is 11.4 Å². The summed E-state index contributed by atoms with van der Waals surface area (Å²) >= 11 is 6.23. The van der Waals surface area contributed by atoms with Crippen molar-refractivity contribution in [3.05, 3.63) is 71.4 Å². The van der Waals surface area contributed by atoms with Gasteiger partial charge in [-0.15, -0.1) is 0 Å². The maximum absolute atomic E-state index is 10.3. The molecule has 5 heteroatoms. The smallest absolute Gasteiger partial charge is 0.156 e. The lowest BCUT2D eigenvalue weighted by Crippen LogP contribution is -1.96. The second-order valence-corrected chi connectivity index (χ2v) is 6.02. The normalized spacial score (nSPS) is 11.1. The van der Waals surface area contributed by atoms with Crippen molar-refractivity contribution in [2.24, 2.45) is 0 Å². The highest BCUT2D eigenvalue weighted by atomic mass is 35.5. The summed E-state index contributed by atoms with van der Waals surface area (Å²) in [5, 5.41) is 15.6. The molecule has 4 aromatic rings. The second-order valence-electron chi connectivity index (χ2n) is 5.61. The highest BCUT2D eigenvalue weighted by molar-refractivity contribution is 6.31. The average molecular weight is 336 g/mol. The molecule has 118 valence electrons. The Bertz CT molecular complexity index is 1040. The first-order chi connectivity index (χ1) is 11.6. The lowest BCUT2D eigenvalue weighted by atomic mass is 10.1. The molecule has 0 unspecified atom stereocenters. The zero-order chi connectivity index (χ0) is 16.7. The van der Waals surface area contributed by atoms with Crippen LogP contribution in [0.4, 0.5) is 0 Å². The first kappa shape index (κ1) is 14.7. The fourth-order valence-corrected chi connectivity index (χ4v) is 2.88. The van der Waals surface area contributed by atoms with Crippen LogP contribution in [0.25, 0.3) is 28.2 Å². The van der Waals surface area contributed by atoms with E-state index in [1.54, 1.807) is 22.8 Å². The first-order valence-corrected chi connectivity index (χ1v) is 7.91. The molecule has 0 saturated heterocycles. The summed E-state index contributed by atoms with van der Waals surface area (Å²) < 4.78 is 1.73. The molecular formula is C19H14ClN3O. The Balaban J connectivity index is 1.94. The number of fused-ring (bicyclic) bond motifs is 1. The molecule has 2 aromatic heterocycles. The molecule has 0 saturated carbocycles. The summed E-state index contributed by atoms with van der Waals surface area (Å²) in [7, 11) is 0. The van der Waals surface area contributed by atoms with Crippen molar-refractivity contribution in [3.8, 4) is 28.3 Å². The number of benzene rings is 2. The minimum atomic E-state index is 0.168. The van der Waals surface area contributed by atoms with E-state index in [1.807, 2.05) is 49.4 Å². The van der Waals surface area contributed by atoms with Crippen molar-refractivity contribution >= 4 is 17.2 Å². The Morgan fingerprint density at radius 1 is 1.04 bits per heavy atom. The van der Waals surface area contributed by atoms with Crippen molar-refractivity contribution in [1.29, 1.82) is 0 Å². The summed E-state index contributed by atoms with van der Waals surface area (Å²) in [6.07, 6.45) is 1.70. The van der Waals surface area contributed by atoms with Crippen molar-refractivity contribution in [2.45, 2.75) is 6.92 Å². The van der Waals surface area contributed by atoms with Crippen LogP contribution in [0.1, 0.15) is 5.56 Å². The van der Waals surface area contributed by atoms with Gasteiger partial charge in [-0.25, -0.2) is 9.50 Å². The highest BCUT2D eigenvalue weighted by Gasteiger charge is 2.14. The molecule has 4 nitrogen and oxygen atoms in total. The SMILES string of the molecule is Cc1cc(O)c(-c2ccnc3cc(-c4ccccc4)nn23)cc1Cl. The molecule has 1 N–H and O–H groups in total. The fraction of sp³-hybridized carbons (Fsp3) is 0.0526. The maximum Gasteiger partial charge on any atom is 0.156 e. The topological polar surface area (TPSA) is 50.4 Å². The summed E-state index contributed by atoms with van der Waals surface area (Å²) in [5.74, 6) is 0.168. The molecule has 0 radical (unpaired) electrons. The molecule has 0 bridgehead atoms. The molecule has 0 amide bonds. The van der Waals surface area contributed by atoms with Gasteiger partial charge in [0, 0.05) is 28.4 Å². The van der Waals surface area contributed by atoms with E-state index in [0.717, 1.165) is 22.5 Å². The number of hydrogen-bond acceptors (Lipinski definition) is 3. The molecule has 2 heterocycles. The summed E-state index contributed by atoms with van der Waals surface area (Å²) in [6.45, 7) is 1.86. The van der Waals surface area contributed by atoms with Crippen LogP contribution in [0.3, 0.4) is 0 Å². The van der Waals surface area contributed by atoms with Gasteiger partial charge in [0.25, 0.3) is 0 Å². The van der Waals surface area contributed by atoms with E-state index < -0.39 is 0 Å². The first-order valence-electron chi connectivity index (χ1n) is 7.53. The Hall–Kier alpha value is -2.85. The predicted octanol–water partition coefficient (Wildman–Crippen LogP) is 4.73. The predicted molar refractivity (Wildman–Crippen MR) is 95.3 cm³/mol. The summed E-state index contributed by atoms with van der Waals surface area (Å²) in [4.78, 5) is 4.37. The zero-order valence-electron chi connectivity index (χ0n) is 12.9. The van der Waals surface area contributed by atoms with E-state index in [-0.39, 0.29) is 5.75 Å². The molecule has 4 rings (SSSR count). The van der Waals surface area contributed by atoms with Crippen LogP contribution in [0, 0.1) is 6.92 Å². The Kier molecular flexibility index (Phi) is 3.47. The zero-order valence-corrected chi connectivity index (χ0v) is 13.7. The van der Waals surface area contributed by atoms with E-state index in [1.165, 1.54) is 0 Å². The van der Waals surface area contributed by atoms with Crippen LogP contribution in [0.5, 0.6) is 5.75 Å². The van der Waals surface area contributed by atoms with E-state index in [9.17, 15) is 5.11 Å². The van der Waals surface area contributed by atoms with Gasteiger partial charge in [-0.2, -0.15) is 5.10 Å². The van der Waals surface area contributed by atoms with Crippen molar-refractivity contribution in [3.63, 3.8) is 0 Å². The number of phenols is 1. The molecule has 0 aliphatic carbocycles. The van der Waals surface area contributed by atoms with E-state index >= 15 is 0 Å². The van der Waals surface area contributed by atoms with Gasteiger partial charge in [-0.1, -0.05) is 41.9 Å². The van der Waals surface area contributed by atoms with E-state index in [4.69, 9.17) is 11.6 Å². The Morgan fingerprint density at radius 3 is 2.62 bits per heavy atom. The fourth-order valence-electron chi connectivity index (χ4n) is 2.72. The quantitative estimate of drug-likeness (QED) is 0.576. The largest absolute Gasteiger partial charge is 0.507 e. The molecule has 0 atom stereocenters. The number of halogens is 1. The van der Waals surface area contributed by atoms with Crippen molar-refractivity contribution in [1.82, 2.24) is 14.6 Å². The number of aryl methyl sites for hydroxylation is 1. The molecule has 24 heavy (non-hydrogen) atoms. The molecule has 2 aromatic carbocycles. The second kappa shape index (κ2) is 5.65. The number of phenolic OH excluding ortho intramolecular Hbond substituents is 1. The number of rotatable bonds is 2. The standard InChI is InChI=1S/C19H14ClN3O/c1-12-9-18(24)14(10-15(12)20)17-7-8-21-19-11-16(22-23(17)19)13-5-3-2-4-6-13/h2-11,24H,1H3. The lowest BCUT2D eigenvalue weighted by molar-refractivity contribution is 0.476. The number of hydrogen-bond donors (Lipinski definition) is 1. The van der Waals surface area contributed by atoms with Gasteiger partial charge in [0.15, 0.2) is 5.65 Å². The van der Waals surface area contributed by atoms with Gasteiger partial charge in [-0.05, 0) is 30.7 Å². The van der Waals surface area contributed by atoms with Crippen LogP contribution in [0.2, 0.25) is 5.02 Å². The van der Waals surface area contributed by atoms with Crippen LogP contribution < -0.4 is 0 Å². The van der Waals surface area contributed by atoms with Crippen LogP contribution in [-0.4, -0.2) is 19.7 Å². The van der Waals surface area contributed by atoms with Crippen molar-refractivity contribution in [2.75, 3.05) is 0 Å². The Labute approximate surface area is 144 Å². The lowest BCUT2D eigenvalue weighted by Gasteiger charge is -2.09. The highest BCUT2D eigenvalue weighted by Crippen LogP contribution is 2.34. The number of aromatic nitrogens is 3. The van der Waals surface area contributed by atoms with Crippen LogP contribution in [-0.2, 0) is 0 Å². The van der Waals surface area contributed by atoms with Crippen LogP contribution in [0.15, 0.2) is 60.8 Å². The number of nitrogens with zero attached hydrogens (tertiary/aromatic N) is 3. The van der Waals surface area contributed by atoms with Gasteiger partial charge in [0.2, 0.25) is 0 Å². The molecule has 0 aliphatic rings. The summed E-state index contributed by atoms with van der Waals surface area (Å²) in [6, 6.07) is 17.1. The van der Waals surface area contributed by atoms with Gasteiger partial charge < -0.3 is 5.11 Å². The van der Waals surface area contributed by atoms with E-state index in [2.05, 4.69) is 10.1 Å². The molecular weight excluding hydrogens is 322 g/mol. The third-order valence-electron chi connectivity index (χ3n) is 3.98. The van der Waals surface area contributed by atoms with Gasteiger partial charge in [0.1, 0.15) is 5.75 Å². The minimum Gasteiger partial charge on any atom is -0.507 e. The molecule has 0 spiro atoms. The number of aromatic hydroxyl groups is 1. The summed E-state index contributed by atoms with van der Waals surface area (Å²) in [5.41, 5.74) is 4.74. The van der Waals surface area contributed by atoms with Gasteiger partial charge >= 0.3 is 0 Å². The van der Waals surface area contributed by atoms with Gasteiger partial charge in [-0.3, -0.25) is 0 Å². The maximum atomic E-state index is 10.3. The minimum absolute atomic E-state index is 0.168. The van der Waals surface area contributed by atoms with E-state index in [0.29, 0.717) is 16.2 Å². The molecule has 0 aliphatic heterocycles. The third-order valence-corrected chi connectivity index (χ3v) is 4.39. The van der Waals surface area contributed by atoms with Crippen molar-refractivity contribution < 1.29 is 5.11 Å². The molecule has 0 fully saturated rings. The average Bonchev–Trinajstić information content (AvgIpc) is 3.03. The third kappa shape index (κ3) is 2.41. The Morgan fingerprint density at radius 2 is 1.83 bits per heavy atom. The monoisotopic (exact) mass is 335 g/mol.